The molecule has 3 heterocycles. The predicted octanol–water partition coefficient (Wildman–Crippen LogP) is 3.21. The summed E-state index contributed by atoms with van der Waals surface area (Å²) < 4.78 is 16.4. The van der Waals surface area contributed by atoms with Gasteiger partial charge in [-0.2, -0.15) is 5.10 Å². The molecule has 1 aliphatic rings. The maximum atomic E-state index is 14.6. The Balaban J connectivity index is 1.61. The van der Waals surface area contributed by atoms with Gasteiger partial charge in [0, 0.05) is 49.2 Å². The Bertz CT molecular complexity index is 955. The second-order valence-electron chi connectivity index (χ2n) is 6.78. The van der Waals surface area contributed by atoms with Crippen molar-refractivity contribution in [3.8, 4) is 11.1 Å². The minimum absolute atomic E-state index is 0.359. The molecule has 1 fully saturated rings. The Morgan fingerprint density at radius 3 is 2.64 bits per heavy atom. The van der Waals surface area contributed by atoms with Crippen LogP contribution in [0.15, 0.2) is 55.1 Å². The number of nitrogens with one attached hydrogen (secondary N) is 1. The van der Waals surface area contributed by atoms with Gasteiger partial charge in [0.25, 0.3) is 0 Å². The van der Waals surface area contributed by atoms with Crippen molar-refractivity contribution in [2.45, 2.75) is 5.67 Å². The molecule has 0 aliphatic carbocycles. The first-order chi connectivity index (χ1) is 11.9. The molecular weight excluding hydrogens is 317 g/mol. The molecule has 128 valence electrons. The first kappa shape index (κ1) is 15.8. The van der Waals surface area contributed by atoms with Gasteiger partial charge in [0.05, 0.1) is 6.20 Å². The number of anilines is 1. The number of fused-ring (bicyclic) bond motifs is 1. The van der Waals surface area contributed by atoms with E-state index in [2.05, 4.69) is 28.0 Å². The van der Waals surface area contributed by atoms with Crippen LogP contribution in [0.3, 0.4) is 0 Å². The summed E-state index contributed by atoms with van der Waals surface area (Å²) in [4.78, 5) is 6.29. The number of hydrogen-bond donors (Lipinski definition) is 1. The zero-order valence-electron chi connectivity index (χ0n) is 14.3. The Hall–Kier alpha value is -2.73. The molecule has 2 aromatic heterocycles. The normalized spacial score (nSPS) is 16.6. The summed E-state index contributed by atoms with van der Waals surface area (Å²) in [6.07, 6.45) is 5.60. The van der Waals surface area contributed by atoms with E-state index in [0.717, 1.165) is 21.9 Å². The highest BCUT2D eigenvalue weighted by molar-refractivity contribution is 5.88. The molecule has 0 spiro atoms. The molecule has 4 rings (SSSR count). The zero-order chi connectivity index (χ0) is 17.6. The molecule has 3 aromatic rings. The summed E-state index contributed by atoms with van der Waals surface area (Å²) in [5.41, 5.74) is 1.11. The van der Waals surface area contributed by atoms with Gasteiger partial charge >= 0.3 is 0 Å². The van der Waals surface area contributed by atoms with Crippen LogP contribution in [0.1, 0.15) is 0 Å². The average molecular weight is 337 g/mol. The fourth-order valence-corrected chi connectivity index (χ4v) is 3.23. The van der Waals surface area contributed by atoms with Crippen LogP contribution in [0, 0.1) is 0 Å². The van der Waals surface area contributed by atoms with E-state index in [0.29, 0.717) is 24.6 Å². The highest BCUT2D eigenvalue weighted by Gasteiger charge is 2.44. The van der Waals surface area contributed by atoms with Crippen LogP contribution in [0.5, 0.6) is 0 Å². The van der Waals surface area contributed by atoms with E-state index in [1.165, 1.54) is 0 Å². The van der Waals surface area contributed by atoms with Gasteiger partial charge in [0.1, 0.15) is 5.82 Å². The number of halogens is 1. The van der Waals surface area contributed by atoms with Gasteiger partial charge in [-0.3, -0.25) is 9.58 Å². The van der Waals surface area contributed by atoms with Crippen LogP contribution in [0.25, 0.3) is 21.9 Å². The van der Waals surface area contributed by atoms with Crippen LogP contribution in [-0.2, 0) is 7.05 Å². The fourth-order valence-electron chi connectivity index (χ4n) is 3.23. The lowest BCUT2D eigenvalue weighted by molar-refractivity contribution is 0.0171. The van der Waals surface area contributed by atoms with Crippen molar-refractivity contribution in [1.29, 1.82) is 0 Å². The lowest BCUT2D eigenvalue weighted by atomic mass is 9.94. The van der Waals surface area contributed by atoms with Crippen LogP contribution in [0.2, 0.25) is 0 Å². The van der Waals surface area contributed by atoms with Crippen LogP contribution >= 0.6 is 0 Å². The second kappa shape index (κ2) is 5.67. The highest BCUT2D eigenvalue weighted by atomic mass is 19.1. The van der Waals surface area contributed by atoms with Crippen LogP contribution in [-0.4, -0.2) is 45.5 Å². The van der Waals surface area contributed by atoms with Crippen molar-refractivity contribution in [1.82, 2.24) is 19.7 Å². The third kappa shape index (κ3) is 2.89. The van der Waals surface area contributed by atoms with E-state index in [1.54, 1.807) is 10.9 Å². The standard InChI is InChI=1S/C19H20FN5/c1-13(19(20)11-24(2)12-19)23-18-7-16-6-14(4-5-15(16)8-21-18)17-9-22-25(3)10-17/h4-10H,1,11-12H2,2-3H3,(H,21,23). The number of aryl methyl sites for hydroxylation is 1. The predicted molar refractivity (Wildman–Crippen MR) is 98.0 cm³/mol. The maximum Gasteiger partial charge on any atom is 0.175 e. The van der Waals surface area contributed by atoms with Gasteiger partial charge in [0.2, 0.25) is 0 Å². The molecule has 0 saturated carbocycles. The van der Waals surface area contributed by atoms with Crippen LogP contribution in [0.4, 0.5) is 10.2 Å². The number of rotatable bonds is 4. The molecular formula is C19H20FN5. The third-order valence-electron chi connectivity index (χ3n) is 4.62. The maximum absolute atomic E-state index is 14.6. The molecule has 0 bridgehead atoms. The van der Waals surface area contributed by atoms with Crippen molar-refractivity contribution < 1.29 is 4.39 Å². The van der Waals surface area contributed by atoms with Gasteiger partial charge < -0.3 is 5.32 Å². The molecule has 6 heteroatoms. The number of nitrogens with zero attached hydrogens (tertiary/aromatic N) is 4. The third-order valence-corrected chi connectivity index (χ3v) is 4.62. The fraction of sp³-hybridized carbons (Fsp3) is 0.263. The second-order valence-corrected chi connectivity index (χ2v) is 6.78. The number of hydrogen-bond acceptors (Lipinski definition) is 4. The first-order valence-electron chi connectivity index (χ1n) is 8.16. The lowest BCUT2D eigenvalue weighted by Gasteiger charge is -2.43. The quantitative estimate of drug-likeness (QED) is 0.794. The molecule has 0 amide bonds. The van der Waals surface area contributed by atoms with Gasteiger partial charge in [-0.15, -0.1) is 0 Å². The van der Waals surface area contributed by atoms with Crippen molar-refractivity contribution in [2.24, 2.45) is 7.05 Å². The number of pyridine rings is 1. The largest absolute Gasteiger partial charge is 0.341 e. The highest BCUT2D eigenvalue weighted by Crippen LogP contribution is 2.32. The number of likely N-dealkylation sites (tertiary alicyclic amines) is 1. The molecule has 0 atom stereocenters. The van der Waals surface area contributed by atoms with E-state index in [-0.39, 0.29) is 0 Å². The van der Waals surface area contributed by atoms with E-state index in [1.807, 2.05) is 49.6 Å². The van der Waals surface area contributed by atoms with Crippen molar-refractivity contribution in [3.63, 3.8) is 0 Å². The molecule has 1 saturated heterocycles. The van der Waals surface area contributed by atoms with Crippen LogP contribution < -0.4 is 5.32 Å². The number of alkyl halides is 1. The van der Waals surface area contributed by atoms with Crippen molar-refractivity contribution >= 4 is 16.6 Å². The van der Waals surface area contributed by atoms with E-state index < -0.39 is 5.67 Å². The molecule has 0 radical (unpaired) electrons. The monoisotopic (exact) mass is 337 g/mol. The Morgan fingerprint density at radius 2 is 1.96 bits per heavy atom. The summed E-state index contributed by atoms with van der Waals surface area (Å²) in [5, 5.41) is 9.31. The SMILES string of the molecule is C=C(Nc1cc2cc(-c3cnn(C)c3)ccc2cn1)C1(F)CN(C)C1. The van der Waals surface area contributed by atoms with Gasteiger partial charge in [-0.25, -0.2) is 9.37 Å². The molecule has 1 N–H and O–H groups in total. The van der Waals surface area contributed by atoms with Crippen molar-refractivity contribution in [2.75, 3.05) is 25.5 Å². The summed E-state index contributed by atoms with van der Waals surface area (Å²) >= 11 is 0. The Kier molecular flexibility index (Phi) is 3.58. The average Bonchev–Trinajstić information content (AvgIpc) is 2.99. The van der Waals surface area contributed by atoms with Crippen molar-refractivity contribution in [3.05, 3.63) is 55.1 Å². The molecule has 5 nitrogen and oxygen atoms in total. The van der Waals surface area contributed by atoms with E-state index in [9.17, 15) is 4.39 Å². The summed E-state index contributed by atoms with van der Waals surface area (Å²) in [6.45, 7) is 4.58. The van der Waals surface area contributed by atoms with Gasteiger partial charge in [-0.05, 0) is 30.1 Å². The molecule has 1 aromatic carbocycles. The zero-order valence-corrected chi connectivity index (χ0v) is 14.3. The molecule has 1 aliphatic heterocycles. The number of benzene rings is 1. The Labute approximate surface area is 145 Å². The molecule has 25 heavy (non-hydrogen) atoms. The minimum atomic E-state index is -1.39. The van der Waals surface area contributed by atoms with Gasteiger partial charge in [0.15, 0.2) is 5.67 Å². The topological polar surface area (TPSA) is 46.0 Å². The smallest absolute Gasteiger partial charge is 0.175 e. The summed E-state index contributed by atoms with van der Waals surface area (Å²) in [6, 6.07) is 8.09. The molecule has 0 unspecified atom stereocenters. The van der Waals surface area contributed by atoms with E-state index in [4.69, 9.17) is 0 Å². The lowest BCUT2D eigenvalue weighted by Crippen LogP contribution is -2.59. The van der Waals surface area contributed by atoms with E-state index >= 15 is 0 Å². The summed E-state index contributed by atoms with van der Waals surface area (Å²) in [7, 11) is 3.78. The first-order valence-corrected chi connectivity index (χ1v) is 8.16. The summed E-state index contributed by atoms with van der Waals surface area (Å²) in [5.74, 6) is 0.604. The minimum Gasteiger partial charge on any atom is -0.341 e. The van der Waals surface area contributed by atoms with Gasteiger partial charge in [-0.1, -0.05) is 18.7 Å². The number of aromatic nitrogens is 3. The Morgan fingerprint density at radius 1 is 1.16 bits per heavy atom.